The van der Waals surface area contributed by atoms with Gasteiger partial charge in [-0.1, -0.05) is 48.5 Å². The Hall–Kier alpha value is -4.23. The number of nitrogens with zero attached hydrogens (tertiary/aromatic N) is 3. The third kappa shape index (κ3) is 4.29. The summed E-state index contributed by atoms with van der Waals surface area (Å²) in [6.07, 6.45) is 3.56. The van der Waals surface area contributed by atoms with E-state index in [1.165, 1.54) is 11.1 Å². The van der Waals surface area contributed by atoms with Crippen LogP contribution in [0, 0.1) is 0 Å². The first kappa shape index (κ1) is 22.2. The minimum absolute atomic E-state index is 0.0477. The van der Waals surface area contributed by atoms with Crippen LogP contribution < -0.4 is 10.3 Å². The minimum Gasteiger partial charge on any atom is -0.497 e. The van der Waals surface area contributed by atoms with Gasteiger partial charge in [-0.25, -0.2) is 4.98 Å². The number of methoxy groups -OCH3 is 1. The highest BCUT2D eigenvalue weighted by Crippen LogP contribution is 2.40. The van der Waals surface area contributed by atoms with Gasteiger partial charge in [0.15, 0.2) is 0 Å². The topological polar surface area (TPSA) is 86.9 Å². The average Bonchev–Trinajstić information content (AvgIpc) is 3.60. The van der Waals surface area contributed by atoms with Crippen LogP contribution in [0.5, 0.6) is 5.75 Å². The quantitative estimate of drug-likeness (QED) is 0.370. The molecule has 5 aromatic rings. The molecular formula is C29H27N5O2. The molecule has 0 amide bonds. The van der Waals surface area contributed by atoms with Crippen LogP contribution >= 0.6 is 0 Å². The van der Waals surface area contributed by atoms with Gasteiger partial charge in [0.25, 0.3) is 5.56 Å². The summed E-state index contributed by atoms with van der Waals surface area (Å²) in [5.74, 6) is 1.78. The van der Waals surface area contributed by atoms with Crippen LogP contribution in [0.15, 0.2) is 90.0 Å². The Balaban J connectivity index is 1.38. The summed E-state index contributed by atoms with van der Waals surface area (Å²) in [5, 5.41) is 7.41. The number of hydrogen-bond acceptors (Lipinski definition) is 5. The number of hydrogen-bond donors (Lipinski definition) is 2. The van der Waals surface area contributed by atoms with E-state index in [0.717, 1.165) is 42.3 Å². The number of nitrogens with one attached hydrogen (secondary N) is 2. The molecule has 36 heavy (non-hydrogen) atoms. The minimum atomic E-state index is -0.119. The average molecular weight is 478 g/mol. The lowest BCUT2D eigenvalue weighted by atomic mass is 9.88. The van der Waals surface area contributed by atoms with Crippen molar-refractivity contribution in [3.63, 3.8) is 0 Å². The second kappa shape index (κ2) is 9.43. The Morgan fingerprint density at radius 3 is 2.64 bits per heavy atom. The molecule has 2 unspecified atom stereocenters. The van der Waals surface area contributed by atoms with Crippen molar-refractivity contribution >= 4 is 10.9 Å². The fourth-order valence-corrected chi connectivity index (χ4v) is 5.26. The van der Waals surface area contributed by atoms with Crippen molar-refractivity contribution in [2.75, 3.05) is 20.2 Å². The molecule has 180 valence electrons. The van der Waals surface area contributed by atoms with Gasteiger partial charge < -0.3 is 9.72 Å². The van der Waals surface area contributed by atoms with Gasteiger partial charge in [-0.3, -0.25) is 14.8 Å². The summed E-state index contributed by atoms with van der Waals surface area (Å²) in [5.41, 5.74) is 4.91. The third-order valence-electron chi connectivity index (χ3n) is 7.07. The van der Waals surface area contributed by atoms with Gasteiger partial charge in [0.05, 0.1) is 24.2 Å². The van der Waals surface area contributed by atoms with Crippen LogP contribution in [0.4, 0.5) is 0 Å². The molecule has 0 radical (unpaired) electrons. The lowest BCUT2D eigenvalue weighted by Gasteiger charge is -2.19. The SMILES string of the molecule is COc1cccc(C2CN(Cc3ccccc3)CC2c2nc3ccc(-c4cn[nH]c4)cc3c(=O)[nH]2)c1. The second-order valence-corrected chi connectivity index (χ2v) is 9.34. The van der Waals surface area contributed by atoms with E-state index in [1.807, 2.05) is 42.6 Å². The fraction of sp³-hybridized carbons (Fsp3) is 0.207. The zero-order valence-corrected chi connectivity index (χ0v) is 20.0. The number of likely N-dealkylation sites (tertiary alicyclic amines) is 1. The largest absolute Gasteiger partial charge is 0.497 e. The Labute approximate surface area is 208 Å². The predicted octanol–water partition coefficient (Wildman–Crippen LogP) is 4.71. The molecule has 2 N–H and O–H groups in total. The number of fused-ring (bicyclic) bond motifs is 1. The number of benzene rings is 3. The van der Waals surface area contributed by atoms with E-state index >= 15 is 0 Å². The van der Waals surface area contributed by atoms with Crippen LogP contribution in [0.25, 0.3) is 22.0 Å². The van der Waals surface area contributed by atoms with E-state index in [0.29, 0.717) is 10.9 Å². The van der Waals surface area contributed by atoms with Crippen molar-refractivity contribution in [3.05, 3.63) is 112 Å². The lowest BCUT2D eigenvalue weighted by molar-refractivity contribution is 0.323. The molecule has 0 saturated carbocycles. The van der Waals surface area contributed by atoms with E-state index in [4.69, 9.17) is 9.72 Å². The Bertz CT molecular complexity index is 1550. The summed E-state index contributed by atoms with van der Waals surface area (Å²) >= 11 is 0. The fourth-order valence-electron chi connectivity index (χ4n) is 5.26. The van der Waals surface area contributed by atoms with Crippen LogP contribution in [0.1, 0.15) is 28.8 Å². The molecule has 2 aromatic heterocycles. The van der Waals surface area contributed by atoms with Gasteiger partial charge in [0.1, 0.15) is 11.6 Å². The number of ether oxygens (including phenoxy) is 1. The van der Waals surface area contributed by atoms with E-state index in [-0.39, 0.29) is 17.4 Å². The molecule has 0 spiro atoms. The number of rotatable bonds is 6. The highest BCUT2D eigenvalue weighted by atomic mass is 16.5. The van der Waals surface area contributed by atoms with E-state index in [2.05, 4.69) is 56.5 Å². The Kier molecular flexibility index (Phi) is 5.83. The number of aromatic amines is 2. The van der Waals surface area contributed by atoms with Crippen molar-refractivity contribution in [3.8, 4) is 16.9 Å². The molecule has 0 aliphatic carbocycles. The summed E-state index contributed by atoms with van der Waals surface area (Å²) in [4.78, 5) is 23.8. The molecule has 1 aliphatic heterocycles. The summed E-state index contributed by atoms with van der Waals surface area (Å²) in [6.45, 7) is 2.52. The maximum atomic E-state index is 13.2. The summed E-state index contributed by atoms with van der Waals surface area (Å²) < 4.78 is 5.50. The predicted molar refractivity (Wildman–Crippen MR) is 140 cm³/mol. The van der Waals surface area contributed by atoms with Crippen molar-refractivity contribution in [1.82, 2.24) is 25.1 Å². The smallest absolute Gasteiger partial charge is 0.258 e. The van der Waals surface area contributed by atoms with Crippen LogP contribution in [-0.2, 0) is 6.54 Å². The monoisotopic (exact) mass is 477 g/mol. The van der Waals surface area contributed by atoms with Gasteiger partial charge >= 0.3 is 0 Å². The van der Waals surface area contributed by atoms with Gasteiger partial charge in [0.2, 0.25) is 0 Å². The van der Waals surface area contributed by atoms with Gasteiger partial charge in [-0.15, -0.1) is 0 Å². The van der Waals surface area contributed by atoms with Crippen molar-refractivity contribution in [2.45, 2.75) is 18.4 Å². The number of H-pyrrole nitrogens is 2. The Morgan fingerprint density at radius 2 is 1.83 bits per heavy atom. The lowest BCUT2D eigenvalue weighted by Crippen LogP contribution is -2.21. The molecule has 6 rings (SSSR count). The van der Waals surface area contributed by atoms with Gasteiger partial charge in [-0.2, -0.15) is 5.10 Å². The molecule has 7 nitrogen and oxygen atoms in total. The van der Waals surface area contributed by atoms with E-state index in [9.17, 15) is 4.79 Å². The molecule has 1 saturated heterocycles. The zero-order chi connectivity index (χ0) is 24.5. The molecule has 7 heteroatoms. The molecule has 0 bridgehead atoms. The van der Waals surface area contributed by atoms with Crippen LogP contribution in [0.2, 0.25) is 0 Å². The van der Waals surface area contributed by atoms with Gasteiger partial charge in [0, 0.05) is 43.2 Å². The molecular weight excluding hydrogens is 450 g/mol. The first-order valence-electron chi connectivity index (χ1n) is 12.1. The third-order valence-corrected chi connectivity index (χ3v) is 7.07. The highest BCUT2D eigenvalue weighted by molar-refractivity contribution is 5.83. The van der Waals surface area contributed by atoms with Crippen molar-refractivity contribution in [2.24, 2.45) is 0 Å². The first-order valence-corrected chi connectivity index (χ1v) is 12.1. The van der Waals surface area contributed by atoms with Crippen molar-refractivity contribution in [1.29, 1.82) is 0 Å². The first-order chi connectivity index (χ1) is 17.7. The highest BCUT2D eigenvalue weighted by Gasteiger charge is 2.36. The molecule has 2 atom stereocenters. The molecule has 3 aromatic carbocycles. The van der Waals surface area contributed by atoms with E-state index in [1.54, 1.807) is 13.3 Å². The molecule has 1 fully saturated rings. The molecule has 3 heterocycles. The van der Waals surface area contributed by atoms with E-state index < -0.39 is 0 Å². The molecule has 1 aliphatic rings. The maximum Gasteiger partial charge on any atom is 0.258 e. The maximum absolute atomic E-state index is 13.2. The van der Waals surface area contributed by atoms with Crippen molar-refractivity contribution < 1.29 is 4.74 Å². The summed E-state index contributed by atoms with van der Waals surface area (Å²) in [7, 11) is 1.69. The Morgan fingerprint density at radius 1 is 0.972 bits per heavy atom. The van der Waals surface area contributed by atoms with Crippen LogP contribution in [-0.4, -0.2) is 45.3 Å². The second-order valence-electron chi connectivity index (χ2n) is 9.34. The summed E-state index contributed by atoms with van der Waals surface area (Å²) in [6, 6.07) is 24.5. The standard InChI is InChI=1S/C29H27N5O2/c1-36-23-9-5-8-21(12-23)25-17-34(16-19-6-3-2-4-7-19)18-26(25)28-32-27-11-10-20(22-14-30-31-15-22)13-24(27)29(35)33-28/h2-15,25-26H,16-18H2,1H3,(H,30,31)(H,32,33,35). The zero-order valence-electron chi connectivity index (χ0n) is 20.0. The van der Waals surface area contributed by atoms with Gasteiger partial charge in [-0.05, 0) is 41.0 Å². The number of aromatic nitrogens is 4. The normalized spacial score (nSPS) is 18.0. The van der Waals surface area contributed by atoms with Crippen LogP contribution in [0.3, 0.4) is 0 Å².